The van der Waals surface area contributed by atoms with Gasteiger partial charge in [-0.1, -0.05) is 0 Å². The molecule has 0 aromatic rings. The van der Waals surface area contributed by atoms with Crippen LogP contribution in [0.25, 0.3) is 0 Å². The van der Waals surface area contributed by atoms with E-state index in [1.54, 1.807) is 7.11 Å². The van der Waals surface area contributed by atoms with E-state index >= 15 is 0 Å². The van der Waals surface area contributed by atoms with Crippen LogP contribution in [-0.4, -0.2) is 90.8 Å². The van der Waals surface area contributed by atoms with Crippen LogP contribution in [0.15, 0.2) is 0 Å². The molecule has 114 valence electrons. The van der Waals surface area contributed by atoms with Crippen LogP contribution in [0.1, 0.15) is 12.8 Å². The zero-order valence-corrected chi connectivity index (χ0v) is 12.0. The summed E-state index contributed by atoms with van der Waals surface area (Å²) in [6.45, 7) is 3.70. The number of ether oxygens (including phenoxy) is 1. The van der Waals surface area contributed by atoms with Crippen molar-refractivity contribution in [1.82, 2.24) is 14.7 Å². The van der Waals surface area contributed by atoms with E-state index < -0.39 is 5.97 Å². The van der Waals surface area contributed by atoms with E-state index in [1.807, 2.05) is 14.7 Å². The standard InChI is InChI=1S/C13H23N3O4/c1-20-9-8-16(11-2-3-11)13(19)15-6-4-14(5-7-15)10-12(17)18/h11H,2-10H2,1H3,(H,17,18). The van der Waals surface area contributed by atoms with E-state index in [1.165, 1.54) is 0 Å². The molecule has 2 amide bonds. The second-order valence-corrected chi connectivity index (χ2v) is 5.36. The van der Waals surface area contributed by atoms with Gasteiger partial charge in [0.15, 0.2) is 0 Å². The molecule has 1 N–H and O–H groups in total. The number of aliphatic carboxylic acids is 1. The van der Waals surface area contributed by atoms with Gasteiger partial charge in [-0.05, 0) is 12.8 Å². The van der Waals surface area contributed by atoms with Crippen LogP contribution in [0, 0.1) is 0 Å². The maximum Gasteiger partial charge on any atom is 0.320 e. The molecular weight excluding hydrogens is 262 g/mol. The van der Waals surface area contributed by atoms with Gasteiger partial charge in [0, 0.05) is 45.9 Å². The van der Waals surface area contributed by atoms with E-state index in [0.717, 1.165) is 12.8 Å². The smallest absolute Gasteiger partial charge is 0.320 e. The van der Waals surface area contributed by atoms with Gasteiger partial charge in [0.25, 0.3) is 0 Å². The van der Waals surface area contributed by atoms with Crippen molar-refractivity contribution in [2.45, 2.75) is 18.9 Å². The summed E-state index contributed by atoms with van der Waals surface area (Å²) in [4.78, 5) is 28.7. The highest BCUT2D eigenvalue weighted by molar-refractivity contribution is 5.75. The summed E-state index contributed by atoms with van der Waals surface area (Å²) in [6.07, 6.45) is 2.16. The number of urea groups is 1. The van der Waals surface area contributed by atoms with Gasteiger partial charge in [-0.25, -0.2) is 4.79 Å². The average Bonchev–Trinajstić information content (AvgIpc) is 3.24. The second-order valence-electron chi connectivity index (χ2n) is 5.36. The quantitative estimate of drug-likeness (QED) is 0.739. The number of hydrogen-bond acceptors (Lipinski definition) is 4. The molecule has 2 rings (SSSR count). The highest BCUT2D eigenvalue weighted by Gasteiger charge is 2.35. The molecule has 0 bridgehead atoms. The Morgan fingerprint density at radius 1 is 1.25 bits per heavy atom. The summed E-state index contributed by atoms with van der Waals surface area (Å²) >= 11 is 0. The highest BCUT2D eigenvalue weighted by atomic mass is 16.5. The lowest BCUT2D eigenvalue weighted by Crippen LogP contribution is -2.54. The zero-order chi connectivity index (χ0) is 14.5. The van der Waals surface area contributed by atoms with E-state index in [9.17, 15) is 9.59 Å². The molecule has 1 saturated heterocycles. The van der Waals surface area contributed by atoms with Crippen molar-refractivity contribution >= 4 is 12.0 Å². The van der Waals surface area contributed by atoms with Crippen molar-refractivity contribution < 1.29 is 19.4 Å². The van der Waals surface area contributed by atoms with Crippen molar-refractivity contribution in [1.29, 1.82) is 0 Å². The first-order valence-electron chi connectivity index (χ1n) is 7.10. The highest BCUT2D eigenvalue weighted by Crippen LogP contribution is 2.27. The number of nitrogens with zero attached hydrogens (tertiary/aromatic N) is 3. The molecule has 1 aliphatic heterocycles. The number of methoxy groups -OCH3 is 1. The first-order valence-corrected chi connectivity index (χ1v) is 7.10. The molecule has 1 saturated carbocycles. The molecule has 1 aliphatic carbocycles. The summed E-state index contributed by atoms with van der Waals surface area (Å²) < 4.78 is 5.06. The largest absolute Gasteiger partial charge is 0.480 e. The number of piperazine rings is 1. The van der Waals surface area contributed by atoms with Crippen LogP contribution >= 0.6 is 0 Å². The van der Waals surface area contributed by atoms with Crippen molar-refractivity contribution in [2.75, 3.05) is 53.0 Å². The Morgan fingerprint density at radius 3 is 2.40 bits per heavy atom. The van der Waals surface area contributed by atoms with Crippen molar-refractivity contribution in [3.8, 4) is 0 Å². The number of carbonyl (C=O) groups is 2. The molecule has 2 aliphatic rings. The van der Waals surface area contributed by atoms with Crippen LogP contribution < -0.4 is 0 Å². The summed E-state index contributed by atoms with van der Waals surface area (Å²) in [5.74, 6) is -0.815. The Morgan fingerprint density at radius 2 is 1.90 bits per heavy atom. The topological polar surface area (TPSA) is 73.3 Å². The van der Waals surface area contributed by atoms with Gasteiger partial charge in [0.1, 0.15) is 0 Å². The molecule has 20 heavy (non-hydrogen) atoms. The fraction of sp³-hybridized carbons (Fsp3) is 0.846. The molecule has 0 spiro atoms. The van der Waals surface area contributed by atoms with E-state index in [0.29, 0.717) is 45.4 Å². The Hall–Kier alpha value is -1.34. The number of rotatable bonds is 6. The predicted octanol–water partition coefficient (Wildman–Crippen LogP) is -0.0806. The van der Waals surface area contributed by atoms with Crippen LogP contribution in [0.3, 0.4) is 0 Å². The molecule has 0 aromatic carbocycles. The van der Waals surface area contributed by atoms with Crippen LogP contribution in [0.5, 0.6) is 0 Å². The SMILES string of the molecule is COCCN(C(=O)N1CCN(CC(=O)O)CC1)C1CC1. The molecule has 2 fully saturated rings. The molecule has 1 heterocycles. The average molecular weight is 285 g/mol. The molecule has 0 unspecified atom stereocenters. The second kappa shape index (κ2) is 6.90. The number of carboxylic acid groups (broad SMARTS) is 1. The Bertz CT molecular complexity index is 352. The van der Waals surface area contributed by atoms with Gasteiger partial charge >= 0.3 is 12.0 Å². The monoisotopic (exact) mass is 285 g/mol. The fourth-order valence-electron chi connectivity index (χ4n) is 2.48. The van der Waals surface area contributed by atoms with E-state index in [-0.39, 0.29) is 12.6 Å². The number of carboxylic acids is 1. The molecule has 7 nitrogen and oxygen atoms in total. The lowest BCUT2D eigenvalue weighted by Gasteiger charge is -2.37. The van der Waals surface area contributed by atoms with Crippen LogP contribution in [-0.2, 0) is 9.53 Å². The summed E-state index contributed by atoms with van der Waals surface area (Å²) in [6, 6.07) is 0.439. The van der Waals surface area contributed by atoms with E-state index in [2.05, 4.69) is 0 Å². The lowest BCUT2D eigenvalue weighted by atomic mass is 10.3. The van der Waals surface area contributed by atoms with Gasteiger partial charge in [-0.2, -0.15) is 0 Å². The Kier molecular flexibility index (Phi) is 5.19. The molecule has 0 atom stereocenters. The number of hydrogen-bond donors (Lipinski definition) is 1. The van der Waals surface area contributed by atoms with Crippen molar-refractivity contribution in [3.05, 3.63) is 0 Å². The fourth-order valence-corrected chi connectivity index (χ4v) is 2.48. The third-order valence-electron chi connectivity index (χ3n) is 3.77. The third-order valence-corrected chi connectivity index (χ3v) is 3.77. The predicted molar refractivity (Wildman–Crippen MR) is 72.6 cm³/mol. The third kappa shape index (κ3) is 4.08. The maximum absolute atomic E-state index is 12.5. The van der Waals surface area contributed by atoms with Gasteiger partial charge in [-0.15, -0.1) is 0 Å². The Labute approximate surface area is 119 Å². The maximum atomic E-state index is 12.5. The van der Waals surface area contributed by atoms with Crippen LogP contribution in [0.2, 0.25) is 0 Å². The molecular formula is C13H23N3O4. The lowest BCUT2D eigenvalue weighted by molar-refractivity contribution is -0.138. The van der Waals surface area contributed by atoms with Crippen molar-refractivity contribution in [2.24, 2.45) is 0 Å². The first-order chi connectivity index (χ1) is 9.61. The molecule has 7 heteroatoms. The van der Waals surface area contributed by atoms with Gasteiger partial charge < -0.3 is 19.6 Å². The van der Waals surface area contributed by atoms with E-state index in [4.69, 9.17) is 9.84 Å². The van der Waals surface area contributed by atoms with Gasteiger partial charge in [-0.3, -0.25) is 9.69 Å². The Balaban J connectivity index is 1.81. The molecule has 0 radical (unpaired) electrons. The number of carbonyl (C=O) groups excluding carboxylic acids is 1. The zero-order valence-electron chi connectivity index (χ0n) is 12.0. The van der Waals surface area contributed by atoms with Gasteiger partial charge in [0.2, 0.25) is 0 Å². The summed E-state index contributed by atoms with van der Waals surface area (Å²) in [5, 5.41) is 8.76. The summed E-state index contributed by atoms with van der Waals surface area (Å²) in [5.41, 5.74) is 0. The van der Waals surface area contributed by atoms with Crippen molar-refractivity contribution in [3.63, 3.8) is 0 Å². The minimum absolute atomic E-state index is 0.0536. The summed E-state index contributed by atoms with van der Waals surface area (Å²) in [7, 11) is 1.64. The minimum Gasteiger partial charge on any atom is -0.480 e. The first kappa shape index (κ1) is 15.1. The minimum atomic E-state index is -0.815. The van der Waals surface area contributed by atoms with Crippen LogP contribution in [0.4, 0.5) is 4.79 Å². The van der Waals surface area contributed by atoms with Gasteiger partial charge in [0.05, 0.1) is 13.2 Å². The molecule has 0 aromatic heterocycles. The number of amides is 2. The normalized spacial score (nSPS) is 19.9.